The van der Waals surface area contributed by atoms with Gasteiger partial charge in [0, 0.05) is 5.56 Å². The molecule has 0 saturated carbocycles. The zero-order chi connectivity index (χ0) is 21.1. The monoisotopic (exact) mass is 400 g/mol. The van der Waals surface area contributed by atoms with Crippen LogP contribution >= 0.6 is 0 Å². The number of hydrogen-bond donors (Lipinski definition) is 1. The number of fused-ring (bicyclic) bond motifs is 1. The van der Waals surface area contributed by atoms with Crippen molar-refractivity contribution in [2.75, 3.05) is 11.5 Å². The van der Waals surface area contributed by atoms with Crippen LogP contribution in [0.2, 0.25) is 0 Å². The summed E-state index contributed by atoms with van der Waals surface area (Å²) in [4.78, 5) is 27.0. The Kier molecular flexibility index (Phi) is 5.53. The number of aryl methyl sites for hydroxylation is 1. The zero-order valence-electron chi connectivity index (χ0n) is 17.1. The second kappa shape index (κ2) is 8.41. The molecule has 30 heavy (non-hydrogen) atoms. The zero-order valence-corrected chi connectivity index (χ0v) is 17.1. The van der Waals surface area contributed by atoms with E-state index in [0.29, 0.717) is 17.9 Å². The Labute approximate surface area is 176 Å². The lowest BCUT2D eigenvalue weighted by molar-refractivity contribution is -0.121. The molecule has 2 amide bonds. The molecule has 3 aromatic carbocycles. The topological polar surface area (TPSA) is 58.6 Å². The summed E-state index contributed by atoms with van der Waals surface area (Å²) in [6, 6.07) is 22.9. The molecule has 0 radical (unpaired) electrons. The summed E-state index contributed by atoms with van der Waals surface area (Å²) in [5.41, 5.74) is 4.32. The number of anilines is 1. The van der Waals surface area contributed by atoms with E-state index in [1.54, 1.807) is 11.0 Å². The smallest absolute Gasteiger partial charge is 0.265 e. The Balaban J connectivity index is 1.52. The highest BCUT2D eigenvalue weighted by Gasteiger charge is 2.26. The lowest BCUT2D eigenvalue weighted by Gasteiger charge is -2.30. The highest BCUT2D eigenvalue weighted by molar-refractivity contribution is 5.98. The highest BCUT2D eigenvalue weighted by atomic mass is 16.5. The van der Waals surface area contributed by atoms with Crippen molar-refractivity contribution in [2.24, 2.45) is 0 Å². The van der Waals surface area contributed by atoms with Crippen molar-refractivity contribution in [1.29, 1.82) is 0 Å². The normalized spacial score (nSPS) is 13.9. The van der Waals surface area contributed by atoms with Gasteiger partial charge in [-0.05, 0) is 54.8 Å². The van der Waals surface area contributed by atoms with Gasteiger partial charge >= 0.3 is 0 Å². The fourth-order valence-electron chi connectivity index (χ4n) is 3.58. The molecule has 0 spiro atoms. The molecule has 1 aliphatic heterocycles. The van der Waals surface area contributed by atoms with Crippen LogP contribution in [0, 0.1) is 6.92 Å². The largest absolute Gasteiger partial charge is 0.482 e. The Hall–Kier alpha value is -3.60. The summed E-state index contributed by atoms with van der Waals surface area (Å²) in [6.07, 6.45) is 0. The van der Waals surface area contributed by atoms with Crippen LogP contribution in [0.1, 0.15) is 40.0 Å². The molecular weight excluding hydrogens is 376 g/mol. The van der Waals surface area contributed by atoms with Gasteiger partial charge in [-0.15, -0.1) is 0 Å². The van der Waals surface area contributed by atoms with E-state index in [1.165, 1.54) is 0 Å². The van der Waals surface area contributed by atoms with Crippen LogP contribution in [-0.2, 0) is 11.3 Å². The fourth-order valence-corrected chi connectivity index (χ4v) is 3.58. The van der Waals surface area contributed by atoms with E-state index >= 15 is 0 Å². The number of ether oxygens (including phenoxy) is 1. The van der Waals surface area contributed by atoms with Gasteiger partial charge in [-0.2, -0.15) is 0 Å². The third-order valence-electron chi connectivity index (χ3n) is 5.23. The van der Waals surface area contributed by atoms with Crippen LogP contribution < -0.4 is 15.0 Å². The van der Waals surface area contributed by atoms with Crippen LogP contribution in [0.15, 0.2) is 72.8 Å². The third-order valence-corrected chi connectivity index (χ3v) is 5.23. The number of nitrogens with one attached hydrogen (secondary N) is 1. The molecule has 0 unspecified atom stereocenters. The molecule has 5 nitrogen and oxygen atoms in total. The molecule has 152 valence electrons. The van der Waals surface area contributed by atoms with E-state index in [2.05, 4.69) is 5.32 Å². The summed E-state index contributed by atoms with van der Waals surface area (Å²) < 4.78 is 5.55. The molecule has 4 rings (SSSR count). The first-order valence-corrected chi connectivity index (χ1v) is 10.00. The van der Waals surface area contributed by atoms with E-state index in [9.17, 15) is 9.59 Å². The van der Waals surface area contributed by atoms with Gasteiger partial charge in [0.05, 0.1) is 18.3 Å². The summed E-state index contributed by atoms with van der Waals surface area (Å²) in [5, 5.41) is 3.04. The number of hydrogen-bond acceptors (Lipinski definition) is 3. The molecular formula is C25H24N2O3. The van der Waals surface area contributed by atoms with Crippen LogP contribution in [0.3, 0.4) is 0 Å². The van der Waals surface area contributed by atoms with Crippen molar-refractivity contribution in [3.05, 3.63) is 95.1 Å². The van der Waals surface area contributed by atoms with Crippen molar-refractivity contribution < 1.29 is 14.3 Å². The highest BCUT2D eigenvalue weighted by Crippen LogP contribution is 2.33. The predicted molar refractivity (Wildman–Crippen MR) is 117 cm³/mol. The molecule has 1 N–H and O–H groups in total. The van der Waals surface area contributed by atoms with E-state index in [-0.39, 0.29) is 24.5 Å². The van der Waals surface area contributed by atoms with Crippen molar-refractivity contribution in [1.82, 2.24) is 5.32 Å². The van der Waals surface area contributed by atoms with Crippen LogP contribution in [0.4, 0.5) is 5.69 Å². The third kappa shape index (κ3) is 4.20. The Morgan fingerprint density at radius 3 is 2.67 bits per heavy atom. The fraction of sp³-hybridized carbons (Fsp3) is 0.200. The maximum absolute atomic E-state index is 12.8. The molecule has 0 aliphatic carbocycles. The first-order valence-electron chi connectivity index (χ1n) is 10.00. The van der Waals surface area contributed by atoms with Crippen molar-refractivity contribution in [2.45, 2.75) is 26.4 Å². The summed E-state index contributed by atoms with van der Waals surface area (Å²) >= 11 is 0. The summed E-state index contributed by atoms with van der Waals surface area (Å²) in [6.45, 7) is 4.35. The van der Waals surface area contributed by atoms with E-state index in [0.717, 1.165) is 22.4 Å². The van der Waals surface area contributed by atoms with Crippen LogP contribution in [0.25, 0.3) is 0 Å². The molecule has 0 aromatic heterocycles. The van der Waals surface area contributed by atoms with Gasteiger partial charge in [-0.25, -0.2) is 0 Å². The summed E-state index contributed by atoms with van der Waals surface area (Å²) in [5.74, 6) is 0.462. The van der Waals surface area contributed by atoms with E-state index < -0.39 is 0 Å². The average Bonchev–Trinajstić information content (AvgIpc) is 2.76. The number of rotatable bonds is 5. The molecule has 1 atom stereocenters. The second-order valence-corrected chi connectivity index (χ2v) is 7.55. The lowest BCUT2D eigenvalue weighted by Crippen LogP contribution is -2.38. The van der Waals surface area contributed by atoms with Gasteiger partial charge in [0.2, 0.25) is 0 Å². The number of carbonyl (C=O) groups is 2. The molecule has 0 saturated heterocycles. The molecule has 0 fully saturated rings. The lowest BCUT2D eigenvalue weighted by atomic mass is 10.1. The Morgan fingerprint density at radius 2 is 1.87 bits per heavy atom. The maximum Gasteiger partial charge on any atom is 0.265 e. The number of amides is 2. The maximum atomic E-state index is 12.8. The average molecular weight is 400 g/mol. The number of carbonyl (C=O) groups excluding carboxylic acids is 2. The number of nitrogens with zero attached hydrogens (tertiary/aromatic N) is 1. The number of benzene rings is 3. The van der Waals surface area contributed by atoms with Crippen LogP contribution in [0.5, 0.6) is 5.75 Å². The Bertz CT molecular complexity index is 1080. The van der Waals surface area contributed by atoms with Crippen molar-refractivity contribution >= 4 is 17.5 Å². The van der Waals surface area contributed by atoms with Gasteiger partial charge in [0.15, 0.2) is 6.61 Å². The summed E-state index contributed by atoms with van der Waals surface area (Å²) in [7, 11) is 0. The molecule has 1 heterocycles. The quantitative estimate of drug-likeness (QED) is 0.690. The van der Waals surface area contributed by atoms with Gasteiger partial charge in [-0.1, -0.05) is 48.5 Å². The van der Waals surface area contributed by atoms with Crippen LogP contribution in [-0.4, -0.2) is 18.4 Å². The van der Waals surface area contributed by atoms with E-state index in [4.69, 9.17) is 4.74 Å². The minimum absolute atomic E-state index is 0.0187. The Morgan fingerprint density at radius 1 is 1.07 bits per heavy atom. The first kappa shape index (κ1) is 19.7. The second-order valence-electron chi connectivity index (χ2n) is 7.55. The minimum Gasteiger partial charge on any atom is -0.482 e. The van der Waals surface area contributed by atoms with Gasteiger partial charge in [-0.3, -0.25) is 9.59 Å². The molecule has 1 aliphatic rings. The molecule has 0 bridgehead atoms. The van der Waals surface area contributed by atoms with Gasteiger partial charge in [0.25, 0.3) is 11.8 Å². The van der Waals surface area contributed by atoms with E-state index in [1.807, 2.05) is 80.6 Å². The standard InChI is InChI=1S/C25H24N2O3/c1-17-11-12-23-22(13-17)27(24(28)16-30-23)15-19-7-6-10-21(14-19)25(29)26-18(2)20-8-4-3-5-9-20/h3-14,18H,15-16H2,1-2H3,(H,26,29)/t18-/m0/s1. The first-order chi connectivity index (χ1) is 14.5. The minimum atomic E-state index is -0.141. The van der Waals surface area contributed by atoms with Crippen molar-refractivity contribution in [3.8, 4) is 5.75 Å². The van der Waals surface area contributed by atoms with Crippen molar-refractivity contribution in [3.63, 3.8) is 0 Å². The van der Waals surface area contributed by atoms with Gasteiger partial charge < -0.3 is 15.0 Å². The SMILES string of the molecule is Cc1ccc2c(c1)N(Cc1cccc(C(=O)N[C@@H](C)c3ccccc3)c1)C(=O)CO2. The predicted octanol–water partition coefficient (Wildman–Crippen LogP) is 4.41. The molecule has 5 heteroatoms. The van der Waals surface area contributed by atoms with Gasteiger partial charge in [0.1, 0.15) is 5.75 Å². The molecule has 3 aromatic rings.